The van der Waals surface area contributed by atoms with Crippen LogP contribution in [0, 0.1) is 33.8 Å². The van der Waals surface area contributed by atoms with Gasteiger partial charge in [0, 0.05) is 12.1 Å². The van der Waals surface area contributed by atoms with E-state index in [4.69, 9.17) is 16.3 Å². The molecular weight excluding hydrogens is 514 g/mol. The highest BCUT2D eigenvalue weighted by Crippen LogP contribution is 2.52. The maximum absolute atomic E-state index is 12.7. The van der Waals surface area contributed by atoms with Crippen LogP contribution in [-0.2, 0) is 16.2 Å². The van der Waals surface area contributed by atoms with Crippen LogP contribution in [0.4, 0.5) is 5.69 Å². The van der Waals surface area contributed by atoms with E-state index < -0.39 is 4.92 Å². The molecule has 5 rings (SSSR count). The van der Waals surface area contributed by atoms with Crippen molar-refractivity contribution in [1.29, 1.82) is 0 Å². The Labute approximate surface area is 202 Å². The summed E-state index contributed by atoms with van der Waals surface area (Å²) < 4.78 is 6.31. The van der Waals surface area contributed by atoms with Crippen LogP contribution in [0.3, 0.4) is 0 Å². The molecule has 0 N–H and O–H groups in total. The van der Waals surface area contributed by atoms with E-state index in [-0.39, 0.29) is 52.8 Å². The predicted octanol–water partition coefficient (Wildman–Crippen LogP) is 4.73. The molecule has 2 aromatic rings. The minimum atomic E-state index is -0.467. The third kappa shape index (κ3) is 3.85. The van der Waals surface area contributed by atoms with Gasteiger partial charge in [-0.15, -0.1) is 0 Å². The number of hydrogen-bond acceptors (Lipinski definition) is 6. The first-order valence-electron chi connectivity index (χ1n) is 10.3. The molecule has 3 aliphatic rings. The second kappa shape index (κ2) is 8.39. The Hall–Kier alpha value is -3.04. The van der Waals surface area contributed by atoms with E-state index in [2.05, 4.69) is 21.0 Å². The molecule has 2 bridgehead atoms. The number of nitro benzene ring substituents is 1. The van der Waals surface area contributed by atoms with Crippen molar-refractivity contribution in [2.75, 3.05) is 0 Å². The third-order valence-electron chi connectivity index (χ3n) is 6.29. The topological polar surface area (TPSA) is 102 Å². The Balaban J connectivity index is 1.29. The second-order valence-corrected chi connectivity index (χ2v) is 9.52. The largest absolute Gasteiger partial charge is 0.486 e. The van der Waals surface area contributed by atoms with Gasteiger partial charge in [0.2, 0.25) is 0 Å². The Morgan fingerprint density at radius 1 is 1.18 bits per heavy atom. The number of carbonyl (C=O) groups is 2. The Bertz CT molecular complexity index is 1190. The first-order chi connectivity index (χ1) is 15.8. The Morgan fingerprint density at radius 3 is 2.52 bits per heavy atom. The van der Waals surface area contributed by atoms with Crippen LogP contribution in [0.5, 0.6) is 5.75 Å². The van der Waals surface area contributed by atoms with Gasteiger partial charge >= 0.3 is 0 Å². The molecule has 168 valence electrons. The van der Waals surface area contributed by atoms with Gasteiger partial charge in [0.05, 0.1) is 32.5 Å². The third-order valence-corrected chi connectivity index (χ3v) is 7.16. The van der Waals surface area contributed by atoms with E-state index in [0.717, 1.165) is 11.4 Å². The van der Waals surface area contributed by atoms with Crippen LogP contribution in [0.2, 0.25) is 5.02 Å². The van der Waals surface area contributed by atoms with Crippen molar-refractivity contribution in [3.8, 4) is 5.75 Å². The molecule has 2 amide bonds. The first kappa shape index (κ1) is 21.8. The molecule has 0 unspecified atom stereocenters. The SMILES string of the molecule is O=C1[C@@H]2[C@H](C(=O)N1N=Cc1cc(Cl)c(OCc3cccc([N+](=O)[O-])c3)c(Br)c1)[C@H]1C=C[C@H]2C1. The number of non-ortho nitro benzene ring substituents is 1. The van der Waals surface area contributed by atoms with Crippen LogP contribution >= 0.6 is 27.5 Å². The van der Waals surface area contributed by atoms with Gasteiger partial charge in [-0.1, -0.05) is 35.9 Å². The lowest BCUT2D eigenvalue weighted by Gasteiger charge is -2.13. The number of allylic oxidation sites excluding steroid dienone is 2. The van der Waals surface area contributed by atoms with Crippen LogP contribution in [0.1, 0.15) is 17.5 Å². The lowest BCUT2D eigenvalue weighted by atomic mass is 9.85. The number of rotatable bonds is 6. The van der Waals surface area contributed by atoms with E-state index in [1.807, 2.05) is 12.2 Å². The molecule has 2 fully saturated rings. The zero-order chi connectivity index (χ0) is 23.3. The molecule has 0 aromatic heterocycles. The number of nitro groups is 1. The standard InChI is InChI=1S/C23H17BrClN3O5/c24-17-7-13(8-18(25)21(17)33-11-12-2-1-3-16(6-12)28(31)32)10-26-27-22(29)19-14-4-5-15(9-14)20(19)23(27)30/h1-8,10,14-15,19-20H,9,11H2/t14-,15-,19-,20+/m0/s1. The summed E-state index contributed by atoms with van der Waals surface area (Å²) in [5, 5.41) is 16.4. The fourth-order valence-corrected chi connectivity index (χ4v) is 5.82. The number of amides is 2. The number of hydrogen-bond donors (Lipinski definition) is 0. The summed E-state index contributed by atoms with van der Waals surface area (Å²) in [6.45, 7) is 0.0867. The van der Waals surface area contributed by atoms with Crippen LogP contribution in [-0.4, -0.2) is 28.0 Å². The fourth-order valence-electron chi connectivity index (χ4n) is 4.83. The number of hydrazone groups is 1. The van der Waals surface area contributed by atoms with Crippen molar-refractivity contribution in [1.82, 2.24) is 5.01 Å². The van der Waals surface area contributed by atoms with Gasteiger partial charge in [0.1, 0.15) is 6.61 Å². The summed E-state index contributed by atoms with van der Waals surface area (Å²) in [7, 11) is 0. The van der Waals surface area contributed by atoms with Gasteiger partial charge in [-0.2, -0.15) is 10.1 Å². The first-order valence-corrected chi connectivity index (χ1v) is 11.5. The molecule has 1 aliphatic heterocycles. The molecule has 0 radical (unpaired) electrons. The smallest absolute Gasteiger partial charge is 0.269 e. The molecule has 10 heteroatoms. The van der Waals surface area contributed by atoms with Gasteiger partial charge in [0.25, 0.3) is 17.5 Å². The van der Waals surface area contributed by atoms with Gasteiger partial charge in [-0.05, 0) is 57.4 Å². The second-order valence-electron chi connectivity index (χ2n) is 8.26. The quantitative estimate of drug-likeness (QED) is 0.177. The van der Waals surface area contributed by atoms with Crippen molar-refractivity contribution in [3.63, 3.8) is 0 Å². The van der Waals surface area contributed by atoms with Gasteiger partial charge in [-0.25, -0.2) is 0 Å². The number of imide groups is 1. The average Bonchev–Trinajstić information content (AvgIpc) is 3.46. The number of nitrogens with zero attached hydrogens (tertiary/aromatic N) is 3. The predicted molar refractivity (Wildman–Crippen MR) is 124 cm³/mol. The lowest BCUT2D eigenvalue weighted by Crippen LogP contribution is -2.28. The molecule has 2 aromatic carbocycles. The normalized spacial score (nSPS) is 25.3. The highest BCUT2D eigenvalue weighted by atomic mass is 79.9. The number of halogens is 2. The van der Waals surface area contributed by atoms with Crippen molar-refractivity contribution >= 4 is 51.2 Å². The molecule has 0 spiro atoms. The van der Waals surface area contributed by atoms with Crippen LogP contribution < -0.4 is 4.74 Å². The van der Waals surface area contributed by atoms with Crippen molar-refractivity contribution in [3.05, 3.63) is 79.3 Å². The summed E-state index contributed by atoms with van der Waals surface area (Å²) in [5.41, 5.74) is 1.18. The summed E-state index contributed by atoms with van der Waals surface area (Å²) in [6.07, 6.45) is 6.36. The Kier molecular flexibility index (Phi) is 5.54. The summed E-state index contributed by atoms with van der Waals surface area (Å²) >= 11 is 9.79. The van der Waals surface area contributed by atoms with Gasteiger partial charge in [-0.3, -0.25) is 19.7 Å². The summed E-state index contributed by atoms with van der Waals surface area (Å²) in [4.78, 5) is 36.0. The monoisotopic (exact) mass is 529 g/mol. The maximum atomic E-state index is 12.7. The van der Waals surface area contributed by atoms with Crippen LogP contribution in [0.15, 0.2) is 58.1 Å². The molecule has 1 saturated heterocycles. The van der Waals surface area contributed by atoms with Crippen molar-refractivity contribution in [2.24, 2.45) is 28.8 Å². The maximum Gasteiger partial charge on any atom is 0.269 e. The summed E-state index contributed by atoms with van der Waals surface area (Å²) in [6, 6.07) is 9.46. The number of carbonyl (C=O) groups excluding carboxylic acids is 2. The zero-order valence-electron chi connectivity index (χ0n) is 17.1. The minimum Gasteiger partial charge on any atom is -0.486 e. The Morgan fingerprint density at radius 2 is 1.88 bits per heavy atom. The van der Waals surface area contributed by atoms with E-state index in [1.165, 1.54) is 18.3 Å². The zero-order valence-corrected chi connectivity index (χ0v) is 19.4. The molecule has 1 saturated carbocycles. The van der Waals surface area contributed by atoms with Crippen molar-refractivity contribution < 1.29 is 19.2 Å². The van der Waals surface area contributed by atoms with E-state index >= 15 is 0 Å². The number of fused-ring (bicyclic) bond motifs is 5. The molecule has 2 aliphatic carbocycles. The molecule has 33 heavy (non-hydrogen) atoms. The molecule has 4 atom stereocenters. The fraction of sp³-hybridized carbons (Fsp3) is 0.261. The highest BCUT2D eigenvalue weighted by Gasteiger charge is 2.59. The van der Waals surface area contributed by atoms with E-state index in [1.54, 1.807) is 24.3 Å². The minimum absolute atomic E-state index is 0.0215. The highest BCUT2D eigenvalue weighted by molar-refractivity contribution is 9.10. The average molecular weight is 531 g/mol. The van der Waals surface area contributed by atoms with E-state index in [9.17, 15) is 19.7 Å². The number of ether oxygens (including phenoxy) is 1. The lowest BCUT2D eigenvalue weighted by molar-refractivity contribution is -0.384. The van der Waals surface area contributed by atoms with Gasteiger partial charge in [0.15, 0.2) is 5.75 Å². The molecule has 8 nitrogen and oxygen atoms in total. The van der Waals surface area contributed by atoms with Crippen LogP contribution in [0.25, 0.3) is 0 Å². The van der Waals surface area contributed by atoms with E-state index in [0.29, 0.717) is 21.3 Å². The molecular formula is C23H17BrClN3O5. The van der Waals surface area contributed by atoms with Crippen molar-refractivity contribution in [2.45, 2.75) is 13.0 Å². The molecule has 1 heterocycles. The summed E-state index contributed by atoms with van der Waals surface area (Å²) in [5.74, 6) is -0.481. The van der Waals surface area contributed by atoms with Gasteiger partial charge < -0.3 is 4.74 Å². The number of benzene rings is 2.